The molecule has 1 aliphatic rings. The Balaban J connectivity index is 2.01. The maximum Gasteiger partial charge on any atom is 0.261 e. The van der Waals surface area contributed by atoms with Crippen LogP contribution in [0, 0.1) is 0 Å². The van der Waals surface area contributed by atoms with Crippen LogP contribution in [-0.4, -0.2) is 40.2 Å². The molecule has 8 heteroatoms. The number of hydrogen-bond acceptors (Lipinski definition) is 5. The molecule has 1 atom stereocenters. The molecule has 0 saturated carbocycles. The maximum absolute atomic E-state index is 11.8. The highest BCUT2D eigenvalue weighted by Gasteiger charge is 2.22. The van der Waals surface area contributed by atoms with Gasteiger partial charge in [-0.1, -0.05) is 0 Å². The van der Waals surface area contributed by atoms with Gasteiger partial charge in [0.05, 0.1) is 24.7 Å². The Hall–Kier alpha value is -1.15. The minimum Gasteiger partial charge on any atom is -0.376 e. The summed E-state index contributed by atoms with van der Waals surface area (Å²) < 4.78 is 32.5. The van der Waals surface area contributed by atoms with Crippen molar-refractivity contribution < 1.29 is 22.7 Å². The first-order valence-corrected chi connectivity index (χ1v) is 7.83. The number of halogens is 1. The zero-order chi connectivity index (χ0) is 13.9. The molecule has 0 aliphatic carbocycles. The number of ether oxygens (including phenoxy) is 2. The molecule has 1 aromatic carbocycles. The Kier molecular flexibility index (Phi) is 4.41. The minimum atomic E-state index is -3.75. The van der Waals surface area contributed by atoms with Gasteiger partial charge in [0.25, 0.3) is 15.0 Å². The summed E-state index contributed by atoms with van der Waals surface area (Å²) >= 11 is 0. The van der Waals surface area contributed by atoms with Crippen LogP contribution in [0.4, 0.5) is 5.69 Å². The Morgan fingerprint density at radius 1 is 1.26 bits per heavy atom. The van der Waals surface area contributed by atoms with Gasteiger partial charge in [0.1, 0.15) is 0 Å². The van der Waals surface area contributed by atoms with Gasteiger partial charge in [0.15, 0.2) is 6.10 Å². The summed E-state index contributed by atoms with van der Waals surface area (Å²) in [5, 5.41) is 2.61. The minimum absolute atomic E-state index is 0.0237. The van der Waals surface area contributed by atoms with Gasteiger partial charge in [0.2, 0.25) is 0 Å². The van der Waals surface area contributed by atoms with E-state index in [2.05, 4.69) is 5.32 Å². The maximum atomic E-state index is 11.8. The molecule has 2 rings (SSSR count). The van der Waals surface area contributed by atoms with Crippen molar-refractivity contribution in [1.82, 2.24) is 0 Å². The fourth-order valence-electron chi connectivity index (χ4n) is 1.56. The summed E-state index contributed by atoms with van der Waals surface area (Å²) in [6.45, 7) is 1.06. The van der Waals surface area contributed by atoms with Gasteiger partial charge in [-0.05, 0) is 24.3 Å². The third-order valence-electron chi connectivity index (χ3n) is 2.51. The number of nitrogens with one attached hydrogen (secondary N) is 1. The highest BCUT2D eigenvalue weighted by atomic mass is 35.7. The summed E-state index contributed by atoms with van der Waals surface area (Å²) in [5.74, 6) is -0.332. The topological polar surface area (TPSA) is 81.7 Å². The SMILES string of the molecule is O=C(Nc1ccc(S(=O)(=O)Cl)cc1)C1COCCO1. The van der Waals surface area contributed by atoms with Crippen molar-refractivity contribution in [3.63, 3.8) is 0 Å². The fourth-order valence-corrected chi connectivity index (χ4v) is 2.33. The molecular weight excluding hydrogens is 294 g/mol. The summed E-state index contributed by atoms with van der Waals surface area (Å²) in [5.41, 5.74) is 0.461. The molecule has 1 fully saturated rings. The summed E-state index contributed by atoms with van der Waals surface area (Å²) in [4.78, 5) is 11.8. The van der Waals surface area contributed by atoms with E-state index in [1.165, 1.54) is 24.3 Å². The lowest BCUT2D eigenvalue weighted by atomic mass is 10.3. The largest absolute Gasteiger partial charge is 0.376 e. The van der Waals surface area contributed by atoms with Crippen molar-refractivity contribution in [3.8, 4) is 0 Å². The predicted octanol–water partition coefficient (Wildman–Crippen LogP) is 0.968. The Bertz CT molecular complexity index is 551. The van der Waals surface area contributed by atoms with E-state index in [0.717, 1.165) is 0 Å². The molecule has 1 amide bonds. The molecule has 104 valence electrons. The standard InChI is InChI=1S/C11H12ClNO5S/c12-19(15,16)9-3-1-8(2-4-9)13-11(14)10-7-17-5-6-18-10/h1-4,10H,5-7H2,(H,13,14). The van der Waals surface area contributed by atoms with E-state index in [0.29, 0.717) is 18.9 Å². The number of benzene rings is 1. The average molecular weight is 306 g/mol. The predicted molar refractivity (Wildman–Crippen MR) is 68.7 cm³/mol. The molecule has 0 bridgehead atoms. The van der Waals surface area contributed by atoms with Crippen molar-refractivity contribution in [2.75, 3.05) is 25.1 Å². The third-order valence-corrected chi connectivity index (χ3v) is 3.88. The lowest BCUT2D eigenvalue weighted by molar-refractivity contribution is -0.142. The first-order valence-electron chi connectivity index (χ1n) is 5.52. The Morgan fingerprint density at radius 3 is 2.47 bits per heavy atom. The molecule has 0 aromatic heterocycles. The highest BCUT2D eigenvalue weighted by molar-refractivity contribution is 8.13. The summed E-state index contributed by atoms with van der Waals surface area (Å²) in [6.07, 6.45) is -0.648. The fraction of sp³-hybridized carbons (Fsp3) is 0.364. The van der Waals surface area contributed by atoms with Gasteiger partial charge in [-0.25, -0.2) is 8.42 Å². The molecule has 0 radical (unpaired) electrons. The van der Waals surface area contributed by atoms with E-state index >= 15 is 0 Å². The van der Waals surface area contributed by atoms with Crippen LogP contribution in [0.5, 0.6) is 0 Å². The average Bonchev–Trinajstić information content (AvgIpc) is 2.39. The van der Waals surface area contributed by atoms with Crippen LogP contribution in [0.25, 0.3) is 0 Å². The zero-order valence-corrected chi connectivity index (χ0v) is 11.4. The van der Waals surface area contributed by atoms with Gasteiger partial charge >= 0.3 is 0 Å². The number of rotatable bonds is 3. The summed E-state index contributed by atoms with van der Waals surface area (Å²) in [7, 11) is 1.43. The molecule has 1 unspecified atom stereocenters. The molecule has 1 N–H and O–H groups in total. The second kappa shape index (κ2) is 5.87. The molecule has 6 nitrogen and oxygen atoms in total. The quantitative estimate of drug-likeness (QED) is 0.841. The zero-order valence-electron chi connectivity index (χ0n) is 9.84. The molecule has 1 saturated heterocycles. The van der Waals surface area contributed by atoms with E-state index in [1.54, 1.807) is 0 Å². The monoisotopic (exact) mass is 305 g/mol. The Morgan fingerprint density at radius 2 is 1.95 bits per heavy atom. The molecule has 1 aromatic rings. The molecule has 0 spiro atoms. The molecule has 1 aliphatic heterocycles. The second-order valence-corrected chi connectivity index (χ2v) is 6.45. The van der Waals surface area contributed by atoms with Crippen LogP contribution >= 0.6 is 10.7 Å². The van der Waals surface area contributed by atoms with Gasteiger partial charge in [0, 0.05) is 16.4 Å². The van der Waals surface area contributed by atoms with E-state index in [9.17, 15) is 13.2 Å². The van der Waals surface area contributed by atoms with E-state index in [-0.39, 0.29) is 17.4 Å². The Labute approximate surface area is 115 Å². The number of carbonyl (C=O) groups is 1. The summed E-state index contributed by atoms with van der Waals surface area (Å²) in [6, 6.07) is 5.54. The van der Waals surface area contributed by atoms with Crippen LogP contribution in [-0.2, 0) is 23.3 Å². The van der Waals surface area contributed by atoms with Gasteiger partial charge in [-0.3, -0.25) is 4.79 Å². The van der Waals surface area contributed by atoms with Crippen molar-refractivity contribution >= 4 is 31.3 Å². The van der Waals surface area contributed by atoms with Crippen LogP contribution < -0.4 is 5.32 Å². The van der Waals surface area contributed by atoms with Crippen molar-refractivity contribution in [3.05, 3.63) is 24.3 Å². The smallest absolute Gasteiger partial charge is 0.261 e. The lowest BCUT2D eigenvalue weighted by Gasteiger charge is -2.22. The van der Waals surface area contributed by atoms with Crippen LogP contribution in [0.2, 0.25) is 0 Å². The number of carbonyl (C=O) groups excluding carboxylic acids is 1. The van der Waals surface area contributed by atoms with Crippen molar-refractivity contribution in [1.29, 1.82) is 0 Å². The van der Waals surface area contributed by atoms with E-state index in [4.69, 9.17) is 20.2 Å². The lowest BCUT2D eigenvalue weighted by Crippen LogP contribution is -2.39. The first-order chi connectivity index (χ1) is 8.97. The van der Waals surface area contributed by atoms with Crippen LogP contribution in [0.1, 0.15) is 0 Å². The van der Waals surface area contributed by atoms with Gasteiger partial charge in [-0.15, -0.1) is 0 Å². The number of hydrogen-bond donors (Lipinski definition) is 1. The van der Waals surface area contributed by atoms with E-state index in [1.807, 2.05) is 0 Å². The second-order valence-electron chi connectivity index (χ2n) is 3.89. The van der Waals surface area contributed by atoms with Gasteiger partial charge in [-0.2, -0.15) is 0 Å². The highest BCUT2D eigenvalue weighted by Crippen LogP contribution is 2.18. The van der Waals surface area contributed by atoms with Crippen LogP contribution in [0.15, 0.2) is 29.2 Å². The normalized spacial score (nSPS) is 19.9. The first kappa shape index (κ1) is 14.3. The molecule has 19 heavy (non-hydrogen) atoms. The third kappa shape index (κ3) is 3.90. The van der Waals surface area contributed by atoms with E-state index < -0.39 is 15.2 Å². The number of amides is 1. The number of anilines is 1. The van der Waals surface area contributed by atoms with Gasteiger partial charge < -0.3 is 14.8 Å². The van der Waals surface area contributed by atoms with Crippen LogP contribution in [0.3, 0.4) is 0 Å². The molecular formula is C11H12ClNO5S. The molecule has 1 heterocycles. The van der Waals surface area contributed by atoms with Crippen molar-refractivity contribution in [2.24, 2.45) is 0 Å². The van der Waals surface area contributed by atoms with Crippen molar-refractivity contribution in [2.45, 2.75) is 11.0 Å².